The molecule has 0 N–H and O–H groups in total. The summed E-state index contributed by atoms with van der Waals surface area (Å²) >= 11 is 0. The largest absolute Gasteiger partial charge is 0.377 e. The zero-order chi connectivity index (χ0) is 10.0. The third-order valence-corrected chi connectivity index (χ3v) is 1.91. The molecule has 0 radical (unpaired) electrons. The molecule has 0 atom stereocenters. The van der Waals surface area contributed by atoms with E-state index in [1.807, 2.05) is 25.1 Å². The molecule has 1 aromatic carbocycles. The molecular formula is C9H12N2O2. The number of nitro groups is 1. The first-order valence-electron chi connectivity index (χ1n) is 3.94. The lowest BCUT2D eigenvalue weighted by atomic mass is 10.2. The minimum Gasteiger partial charge on any atom is -0.377 e. The van der Waals surface area contributed by atoms with Gasteiger partial charge in [0, 0.05) is 31.4 Å². The van der Waals surface area contributed by atoms with Crippen molar-refractivity contribution in [1.82, 2.24) is 0 Å². The Balaban J connectivity index is 3.19. The lowest BCUT2D eigenvalue weighted by Crippen LogP contribution is -2.08. The Morgan fingerprint density at radius 2 is 2.00 bits per heavy atom. The highest BCUT2D eigenvalue weighted by molar-refractivity contribution is 5.55. The number of hydrogen-bond donors (Lipinski definition) is 0. The van der Waals surface area contributed by atoms with Gasteiger partial charge in [0.2, 0.25) is 0 Å². The van der Waals surface area contributed by atoms with Gasteiger partial charge in [0.15, 0.2) is 0 Å². The van der Waals surface area contributed by atoms with E-state index in [1.54, 1.807) is 19.1 Å². The van der Waals surface area contributed by atoms with E-state index >= 15 is 0 Å². The summed E-state index contributed by atoms with van der Waals surface area (Å²) in [5.41, 5.74) is 1.71. The van der Waals surface area contributed by atoms with Gasteiger partial charge in [0.25, 0.3) is 5.69 Å². The zero-order valence-corrected chi connectivity index (χ0v) is 7.94. The molecule has 0 aliphatic rings. The van der Waals surface area contributed by atoms with Crippen LogP contribution in [0.3, 0.4) is 0 Å². The first-order chi connectivity index (χ1) is 6.02. The predicted molar refractivity (Wildman–Crippen MR) is 52.2 cm³/mol. The lowest BCUT2D eigenvalue weighted by Gasteiger charge is -2.12. The summed E-state index contributed by atoms with van der Waals surface area (Å²) in [5, 5.41) is 10.6. The van der Waals surface area contributed by atoms with Crippen molar-refractivity contribution in [1.29, 1.82) is 0 Å². The van der Waals surface area contributed by atoms with Gasteiger partial charge in [-0.3, -0.25) is 10.1 Å². The maximum Gasteiger partial charge on any atom is 0.274 e. The van der Waals surface area contributed by atoms with Crippen LogP contribution in [0, 0.1) is 17.0 Å². The minimum atomic E-state index is -0.359. The first-order valence-corrected chi connectivity index (χ1v) is 3.94. The Hall–Kier alpha value is -1.58. The molecule has 4 heteroatoms. The Labute approximate surface area is 76.9 Å². The van der Waals surface area contributed by atoms with Crippen LogP contribution in [0.4, 0.5) is 11.4 Å². The Kier molecular flexibility index (Phi) is 2.51. The van der Waals surface area contributed by atoms with Gasteiger partial charge >= 0.3 is 0 Å². The summed E-state index contributed by atoms with van der Waals surface area (Å²) in [6.45, 7) is 1.73. The summed E-state index contributed by atoms with van der Waals surface area (Å²) in [4.78, 5) is 12.1. The van der Waals surface area contributed by atoms with Crippen molar-refractivity contribution in [2.75, 3.05) is 19.0 Å². The smallest absolute Gasteiger partial charge is 0.274 e. The van der Waals surface area contributed by atoms with E-state index in [0.717, 1.165) is 5.69 Å². The van der Waals surface area contributed by atoms with Gasteiger partial charge in [0.1, 0.15) is 0 Å². The molecule has 0 saturated heterocycles. The van der Waals surface area contributed by atoms with Gasteiger partial charge in [-0.05, 0) is 13.0 Å². The first kappa shape index (κ1) is 9.51. The molecule has 0 heterocycles. The molecule has 4 nitrogen and oxygen atoms in total. The molecule has 0 bridgehead atoms. The average Bonchev–Trinajstić information content (AvgIpc) is 2.04. The molecule has 1 aromatic rings. The summed E-state index contributed by atoms with van der Waals surface area (Å²) < 4.78 is 0. The molecule has 0 saturated carbocycles. The van der Waals surface area contributed by atoms with Crippen LogP contribution in [-0.2, 0) is 0 Å². The summed E-state index contributed by atoms with van der Waals surface area (Å²) in [6.07, 6.45) is 0. The number of aryl methyl sites for hydroxylation is 1. The molecule has 0 aromatic heterocycles. The van der Waals surface area contributed by atoms with Crippen molar-refractivity contribution in [3.8, 4) is 0 Å². The number of nitrogens with zero attached hydrogens (tertiary/aromatic N) is 2. The minimum absolute atomic E-state index is 0.172. The van der Waals surface area contributed by atoms with E-state index in [1.165, 1.54) is 0 Å². The van der Waals surface area contributed by atoms with Crippen molar-refractivity contribution in [2.24, 2.45) is 0 Å². The monoisotopic (exact) mass is 180 g/mol. The van der Waals surface area contributed by atoms with Crippen LogP contribution in [-0.4, -0.2) is 19.0 Å². The van der Waals surface area contributed by atoms with Crippen molar-refractivity contribution >= 4 is 11.4 Å². The van der Waals surface area contributed by atoms with Gasteiger partial charge in [-0.25, -0.2) is 0 Å². The van der Waals surface area contributed by atoms with E-state index in [9.17, 15) is 10.1 Å². The zero-order valence-electron chi connectivity index (χ0n) is 7.94. The summed E-state index contributed by atoms with van der Waals surface area (Å²) in [5.74, 6) is 0. The van der Waals surface area contributed by atoms with Crippen LogP contribution in [0.1, 0.15) is 5.56 Å². The molecule has 13 heavy (non-hydrogen) atoms. The second-order valence-electron chi connectivity index (χ2n) is 3.12. The van der Waals surface area contributed by atoms with Crippen molar-refractivity contribution in [3.63, 3.8) is 0 Å². The second-order valence-corrected chi connectivity index (χ2v) is 3.12. The third kappa shape index (κ3) is 1.96. The molecule has 0 unspecified atom stereocenters. The number of nitro benzene ring substituents is 1. The van der Waals surface area contributed by atoms with Crippen LogP contribution >= 0.6 is 0 Å². The molecule has 1 rings (SSSR count). The predicted octanol–water partition coefficient (Wildman–Crippen LogP) is 1.97. The molecular weight excluding hydrogens is 168 g/mol. The maximum atomic E-state index is 10.6. The molecule has 0 spiro atoms. The Morgan fingerprint density at radius 3 is 2.46 bits per heavy atom. The molecule has 0 aliphatic carbocycles. The number of hydrogen-bond acceptors (Lipinski definition) is 3. The normalized spacial score (nSPS) is 9.77. The van der Waals surface area contributed by atoms with Gasteiger partial charge in [-0.1, -0.05) is 6.07 Å². The number of anilines is 1. The third-order valence-electron chi connectivity index (χ3n) is 1.91. The van der Waals surface area contributed by atoms with E-state index in [4.69, 9.17) is 0 Å². The van der Waals surface area contributed by atoms with Crippen LogP contribution in [0.5, 0.6) is 0 Å². The lowest BCUT2D eigenvalue weighted by molar-refractivity contribution is -0.385. The Bertz CT molecular complexity index is 334. The van der Waals surface area contributed by atoms with Gasteiger partial charge in [-0.15, -0.1) is 0 Å². The van der Waals surface area contributed by atoms with Crippen LogP contribution in [0.15, 0.2) is 18.2 Å². The van der Waals surface area contributed by atoms with E-state index in [-0.39, 0.29) is 10.6 Å². The van der Waals surface area contributed by atoms with Crippen molar-refractivity contribution in [3.05, 3.63) is 33.9 Å². The number of rotatable bonds is 2. The van der Waals surface area contributed by atoms with E-state index in [2.05, 4.69) is 0 Å². The molecule has 0 amide bonds. The van der Waals surface area contributed by atoms with E-state index in [0.29, 0.717) is 5.56 Å². The van der Waals surface area contributed by atoms with Gasteiger partial charge in [0.05, 0.1) is 4.92 Å². The topological polar surface area (TPSA) is 46.4 Å². The number of benzene rings is 1. The van der Waals surface area contributed by atoms with Gasteiger partial charge in [-0.2, -0.15) is 0 Å². The molecule has 0 fully saturated rings. The summed E-state index contributed by atoms with van der Waals surface area (Å²) in [6, 6.07) is 5.20. The highest BCUT2D eigenvalue weighted by Crippen LogP contribution is 2.23. The van der Waals surface area contributed by atoms with Crippen LogP contribution in [0.2, 0.25) is 0 Å². The van der Waals surface area contributed by atoms with Crippen LogP contribution < -0.4 is 4.90 Å². The fourth-order valence-corrected chi connectivity index (χ4v) is 1.07. The average molecular weight is 180 g/mol. The highest BCUT2D eigenvalue weighted by atomic mass is 16.6. The van der Waals surface area contributed by atoms with Gasteiger partial charge < -0.3 is 4.90 Å². The quantitative estimate of drug-likeness (QED) is 0.516. The second kappa shape index (κ2) is 3.43. The Morgan fingerprint density at radius 1 is 1.38 bits per heavy atom. The fourth-order valence-electron chi connectivity index (χ4n) is 1.07. The van der Waals surface area contributed by atoms with Crippen LogP contribution in [0.25, 0.3) is 0 Å². The van der Waals surface area contributed by atoms with Crippen molar-refractivity contribution < 1.29 is 4.92 Å². The molecule has 0 aliphatic heterocycles. The highest BCUT2D eigenvalue weighted by Gasteiger charge is 2.11. The van der Waals surface area contributed by atoms with E-state index < -0.39 is 0 Å². The SMILES string of the molecule is Cc1ccc(N(C)C)cc1[N+](=O)[O-]. The van der Waals surface area contributed by atoms with Crippen molar-refractivity contribution in [2.45, 2.75) is 6.92 Å². The molecule has 70 valence electrons. The maximum absolute atomic E-state index is 10.6. The fraction of sp³-hybridized carbons (Fsp3) is 0.333. The standard InChI is InChI=1S/C9H12N2O2/c1-7-4-5-8(10(2)3)6-9(7)11(12)13/h4-6H,1-3H3. The summed E-state index contributed by atoms with van der Waals surface area (Å²) in [7, 11) is 3.71.